The molecule has 2 aromatic rings. The van der Waals surface area contributed by atoms with Crippen LogP contribution in [0.4, 0.5) is 11.4 Å². The van der Waals surface area contributed by atoms with E-state index in [2.05, 4.69) is 14.9 Å². The van der Waals surface area contributed by atoms with Gasteiger partial charge in [0.05, 0.1) is 4.90 Å². The number of carbonyl (C=O) groups is 1. The van der Waals surface area contributed by atoms with Gasteiger partial charge in [-0.1, -0.05) is 6.07 Å². The van der Waals surface area contributed by atoms with Gasteiger partial charge in [0, 0.05) is 36.1 Å². The summed E-state index contributed by atoms with van der Waals surface area (Å²) in [5.41, 5.74) is 2.13. The molecule has 0 bridgehead atoms. The van der Waals surface area contributed by atoms with Crippen molar-refractivity contribution < 1.29 is 13.2 Å². The van der Waals surface area contributed by atoms with E-state index < -0.39 is 10.0 Å². The van der Waals surface area contributed by atoms with Crippen LogP contribution in [0.5, 0.6) is 0 Å². The molecular weight excluding hydrogens is 362 g/mol. The molecule has 7 heteroatoms. The number of amides is 1. The second kappa shape index (κ2) is 8.10. The molecule has 144 valence electrons. The number of carbonyl (C=O) groups excluding carboxylic acids is 1. The summed E-state index contributed by atoms with van der Waals surface area (Å²) < 4.78 is 27.1. The van der Waals surface area contributed by atoms with Gasteiger partial charge in [0.1, 0.15) is 0 Å². The van der Waals surface area contributed by atoms with Crippen LogP contribution in [0.3, 0.4) is 0 Å². The average molecular weight is 388 g/mol. The van der Waals surface area contributed by atoms with Crippen molar-refractivity contribution in [3.05, 3.63) is 54.1 Å². The molecule has 6 nitrogen and oxygen atoms in total. The van der Waals surface area contributed by atoms with E-state index in [-0.39, 0.29) is 16.8 Å². The molecule has 0 atom stereocenters. The minimum absolute atomic E-state index is 0.0771. The van der Waals surface area contributed by atoms with Crippen molar-refractivity contribution in [2.24, 2.45) is 0 Å². The van der Waals surface area contributed by atoms with Gasteiger partial charge in [-0.25, -0.2) is 13.1 Å². The monoisotopic (exact) mass is 387 g/mol. The lowest BCUT2D eigenvalue weighted by atomic mass is 10.2. The van der Waals surface area contributed by atoms with Gasteiger partial charge in [-0.2, -0.15) is 0 Å². The summed E-state index contributed by atoms with van der Waals surface area (Å²) >= 11 is 0. The Morgan fingerprint density at radius 2 is 1.70 bits per heavy atom. The van der Waals surface area contributed by atoms with Gasteiger partial charge in [-0.3, -0.25) is 4.79 Å². The van der Waals surface area contributed by atoms with Crippen LogP contribution in [0, 0.1) is 0 Å². The minimum Gasteiger partial charge on any atom is -0.372 e. The van der Waals surface area contributed by atoms with Gasteiger partial charge in [0.25, 0.3) is 5.91 Å². The molecule has 1 heterocycles. The smallest absolute Gasteiger partial charge is 0.255 e. The van der Waals surface area contributed by atoms with Crippen molar-refractivity contribution in [1.82, 2.24) is 4.72 Å². The van der Waals surface area contributed by atoms with E-state index in [0.29, 0.717) is 11.3 Å². The average Bonchev–Trinajstić information content (AvgIpc) is 3.16. The van der Waals surface area contributed by atoms with Crippen molar-refractivity contribution in [1.29, 1.82) is 0 Å². The van der Waals surface area contributed by atoms with E-state index in [0.717, 1.165) is 18.8 Å². The van der Waals surface area contributed by atoms with E-state index in [1.807, 2.05) is 24.3 Å². The molecule has 1 saturated heterocycles. The molecule has 0 spiro atoms. The first-order valence-electron chi connectivity index (χ1n) is 9.14. The van der Waals surface area contributed by atoms with Crippen LogP contribution in [0.25, 0.3) is 0 Å². The highest BCUT2D eigenvalue weighted by atomic mass is 32.2. The van der Waals surface area contributed by atoms with E-state index in [1.54, 1.807) is 26.0 Å². The maximum absolute atomic E-state index is 12.5. The topological polar surface area (TPSA) is 78.5 Å². The molecular formula is C20H25N3O3S. The SMILES string of the molecule is CC(C)NS(=O)(=O)c1cccc(C(=O)Nc2ccc(N3CCCC3)cc2)c1. The third-order valence-electron chi connectivity index (χ3n) is 4.39. The van der Waals surface area contributed by atoms with E-state index in [9.17, 15) is 13.2 Å². The minimum atomic E-state index is -3.64. The van der Waals surface area contributed by atoms with Crippen LogP contribution < -0.4 is 14.9 Å². The number of sulfonamides is 1. The zero-order chi connectivity index (χ0) is 19.4. The second-order valence-electron chi connectivity index (χ2n) is 7.00. The highest BCUT2D eigenvalue weighted by Crippen LogP contribution is 2.22. The summed E-state index contributed by atoms with van der Waals surface area (Å²) in [4.78, 5) is 14.9. The fraction of sp³-hybridized carbons (Fsp3) is 0.350. The van der Waals surface area contributed by atoms with Gasteiger partial charge in [-0.05, 0) is 69.2 Å². The standard InChI is InChI=1S/C20H25N3O3S/c1-15(2)22-27(25,26)19-7-5-6-16(14-19)20(24)21-17-8-10-18(11-9-17)23-12-3-4-13-23/h5-11,14-15,22H,3-4,12-13H2,1-2H3,(H,21,24). The summed E-state index contributed by atoms with van der Waals surface area (Å²) in [6.07, 6.45) is 2.42. The van der Waals surface area contributed by atoms with Gasteiger partial charge < -0.3 is 10.2 Å². The maximum atomic E-state index is 12.5. The Labute approximate surface area is 160 Å². The highest BCUT2D eigenvalue weighted by molar-refractivity contribution is 7.89. The van der Waals surface area contributed by atoms with Gasteiger partial charge in [0.15, 0.2) is 0 Å². The van der Waals surface area contributed by atoms with Crippen LogP contribution >= 0.6 is 0 Å². The lowest BCUT2D eigenvalue weighted by Gasteiger charge is -2.17. The Balaban J connectivity index is 1.72. The molecule has 3 rings (SSSR count). The molecule has 0 aliphatic carbocycles. The first-order chi connectivity index (χ1) is 12.8. The molecule has 27 heavy (non-hydrogen) atoms. The Kier molecular flexibility index (Phi) is 5.82. The molecule has 2 aromatic carbocycles. The fourth-order valence-corrected chi connectivity index (χ4v) is 4.41. The Hall–Kier alpha value is -2.38. The predicted molar refractivity (Wildman–Crippen MR) is 108 cm³/mol. The Morgan fingerprint density at radius 1 is 1.04 bits per heavy atom. The number of hydrogen-bond donors (Lipinski definition) is 2. The zero-order valence-corrected chi connectivity index (χ0v) is 16.4. The number of nitrogens with one attached hydrogen (secondary N) is 2. The first-order valence-corrected chi connectivity index (χ1v) is 10.6. The number of anilines is 2. The molecule has 0 saturated carbocycles. The van der Waals surface area contributed by atoms with Crippen LogP contribution in [-0.4, -0.2) is 33.5 Å². The third-order valence-corrected chi connectivity index (χ3v) is 6.05. The normalized spacial score (nSPS) is 14.6. The lowest BCUT2D eigenvalue weighted by molar-refractivity contribution is 0.102. The molecule has 0 unspecified atom stereocenters. The fourth-order valence-electron chi connectivity index (χ4n) is 3.12. The van der Waals surface area contributed by atoms with Crippen LogP contribution in [0.2, 0.25) is 0 Å². The quantitative estimate of drug-likeness (QED) is 0.798. The summed E-state index contributed by atoms with van der Waals surface area (Å²) in [5, 5.41) is 2.82. The van der Waals surface area contributed by atoms with Crippen molar-refractivity contribution in [3.8, 4) is 0 Å². The van der Waals surface area contributed by atoms with Gasteiger partial charge in [-0.15, -0.1) is 0 Å². The Morgan fingerprint density at radius 3 is 2.33 bits per heavy atom. The summed E-state index contributed by atoms with van der Waals surface area (Å²) in [6.45, 7) is 5.63. The van der Waals surface area contributed by atoms with Crippen LogP contribution in [0.1, 0.15) is 37.0 Å². The van der Waals surface area contributed by atoms with Crippen molar-refractivity contribution in [2.45, 2.75) is 37.6 Å². The first kappa shape index (κ1) is 19.4. The van der Waals surface area contributed by atoms with E-state index in [4.69, 9.17) is 0 Å². The van der Waals surface area contributed by atoms with Crippen molar-refractivity contribution in [2.75, 3.05) is 23.3 Å². The number of benzene rings is 2. The molecule has 1 aliphatic heterocycles. The van der Waals surface area contributed by atoms with E-state index in [1.165, 1.54) is 25.0 Å². The second-order valence-corrected chi connectivity index (χ2v) is 8.71. The van der Waals surface area contributed by atoms with Crippen LogP contribution in [-0.2, 0) is 10.0 Å². The molecule has 1 fully saturated rings. The Bertz CT molecular complexity index is 902. The molecule has 2 N–H and O–H groups in total. The molecule has 0 radical (unpaired) electrons. The molecule has 0 aromatic heterocycles. The number of nitrogens with zero attached hydrogens (tertiary/aromatic N) is 1. The van der Waals surface area contributed by atoms with Crippen LogP contribution in [0.15, 0.2) is 53.4 Å². The molecule has 1 amide bonds. The van der Waals surface area contributed by atoms with Gasteiger partial charge in [0.2, 0.25) is 10.0 Å². The maximum Gasteiger partial charge on any atom is 0.255 e. The predicted octanol–water partition coefficient (Wildman–Crippen LogP) is 3.23. The summed E-state index contributed by atoms with van der Waals surface area (Å²) in [7, 11) is -3.64. The molecule has 1 aliphatic rings. The van der Waals surface area contributed by atoms with Crippen molar-refractivity contribution in [3.63, 3.8) is 0 Å². The lowest BCUT2D eigenvalue weighted by Crippen LogP contribution is -2.30. The van der Waals surface area contributed by atoms with E-state index >= 15 is 0 Å². The third kappa shape index (κ3) is 4.87. The largest absolute Gasteiger partial charge is 0.372 e. The summed E-state index contributed by atoms with van der Waals surface area (Å²) in [6, 6.07) is 13.5. The summed E-state index contributed by atoms with van der Waals surface area (Å²) in [5.74, 6) is -0.342. The number of hydrogen-bond acceptors (Lipinski definition) is 4. The van der Waals surface area contributed by atoms with Gasteiger partial charge >= 0.3 is 0 Å². The highest BCUT2D eigenvalue weighted by Gasteiger charge is 2.17. The van der Waals surface area contributed by atoms with Crippen molar-refractivity contribution >= 4 is 27.3 Å². The number of rotatable bonds is 6. The zero-order valence-electron chi connectivity index (χ0n) is 15.6.